The van der Waals surface area contributed by atoms with Crippen molar-refractivity contribution >= 4 is 23.3 Å². The fourth-order valence-corrected chi connectivity index (χ4v) is 3.66. The van der Waals surface area contributed by atoms with Gasteiger partial charge in [0.15, 0.2) is 0 Å². The highest BCUT2D eigenvalue weighted by Crippen LogP contribution is 2.37. The van der Waals surface area contributed by atoms with Crippen LogP contribution >= 0.6 is 0 Å². The van der Waals surface area contributed by atoms with Crippen molar-refractivity contribution in [1.82, 2.24) is 9.80 Å². The van der Waals surface area contributed by atoms with Crippen LogP contribution in [0.4, 0.5) is 29.3 Å². The average Bonchev–Trinajstić information content (AvgIpc) is 3.08. The Hall–Kier alpha value is -2.75. The van der Waals surface area contributed by atoms with Crippen LogP contribution in [0.25, 0.3) is 0 Å². The molecule has 2 aliphatic rings. The third-order valence-electron chi connectivity index (χ3n) is 5.33. The molecule has 0 aromatic heterocycles. The third-order valence-corrected chi connectivity index (χ3v) is 5.33. The average molecular weight is 426 g/mol. The first kappa shape index (κ1) is 21.9. The zero-order valence-electron chi connectivity index (χ0n) is 16.7. The summed E-state index contributed by atoms with van der Waals surface area (Å²) >= 11 is 0. The van der Waals surface area contributed by atoms with Crippen LogP contribution < -0.4 is 10.2 Å². The summed E-state index contributed by atoms with van der Waals surface area (Å²) in [5.41, 5.74) is -0.855. The number of morpholine rings is 1. The van der Waals surface area contributed by atoms with Gasteiger partial charge in [0.2, 0.25) is 5.91 Å². The number of rotatable bonds is 5. The van der Waals surface area contributed by atoms with Crippen molar-refractivity contribution in [2.45, 2.75) is 18.6 Å². The molecule has 1 aromatic carbocycles. The third kappa shape index (κ3) is 4.69. The SMILES string of the molecule is C=CCN1CCC(N(C)C(=O)Nc2ccc(N3CCOCC3)cc2C(F)(F)F)C1=O. The summed E-state index contributed by atoms with van der Waals surface area (Å²) in [5.74, 6) is -0.244. The number of anilines is 2. The molecule has 2 heterocycles. The lowest BCUT2D eigenvalue weighted by molar-refractivity contribution is -0.137. The summed E-state index contributed by atoms with van der Waals surface area (Å²) in [7, 11) is 1.41. The van der Waals surface area contributed by atoms with E-state index in [-0.39, 0.29) is 11.6 Å². The minimum Gasteiger partial charge on any atom is -0.378 e. The van der Waals surface area contributed by atoms with E-state index in [1.54, 1.807) is 17.0 Å². The molecule has 0 radical (unpaired) electrons. The molecule has 0 aliphatic carbocycles. The Balaban J connectivity index is 1.77. The molecule has 0 spiro atoms. The van der Waals surface area contributed by atoms with Gasteiger partial charge in [-0.2, -0.15) is 13.2 Å². The Morgan fingerprint density at radius 3 is 2.67 bits per heavy atom. The number of carbonyl (C=O) groups is 2. The van der Waals surface area contributed by atoms with Crippen LogP contribution in [0.5, 0.6) is 0 Å². The maximum atomic E-state index is 13.7. The first-order chi connectivity index (χ1) is 14.2. The first-order valence-corrected chi connectivity index (χ1v) is 9.70. The van der Waals surface area contributed by atoms with Gasteiger partial charge in [0.05, 0.1) is 24.5 Å². The normalized spacial score (nSPS) is 19.7. The lowest BCUT2D eigenvalue weighted by Crippen LogP contribution is -2.45. The van der Waals surface area contributed by atoms with Crippen LogP contribution in [0.1, 0.15) is 12.0 Å². The molecular formula is C20H25F3N4O3. The number of nitrogens with one attached hydrogen (secondary N) is 1. The van der Waals surface area contributed by atoms with Gasteiger partial charge in [-0.15, -0.1) is 6.58 Å². The number of nitrogens with zero attached hydrogens (tertiary/aromatic N) is 3. The number of likely N-dealkylation sites (tertiary alicyclic amines) is 1. The molecule has 164 valence electrons. The van der Waals surface area contributed by atoms with Crippen molar-refractivity contribution in [2.24, 2.45) is 0 Å². The molecular weight excluding hydrogens is 401 g/mol. The summed E-state index contributed by atoms with van der Waals surface area (Å²) in [6.07, 6.45) is -2.64. The van der Waals surface area contributed by atoms with Gasteiger partial charge in [0.1, 0.15) is 6.04 Å². The second-order valence-corrected chi connectivity index (χ2v) is 7.25. The highest BCUT2D eigenvalue weighted by Gasteiger charge is 2.38. The lowest BCUT2D eigenvalue weighted by Gasteiger charge is -2.30. The number of ether oxygens (including phenoxy) is 1. The number of urea groups is 1. The van der Waals surface area contributed by atoms with E-state index in [0.717, 1.165) is 11.0 Å². The second-order valence-electron chi connectivity index (χ2n) is 7.25. The number of likely N-dealkylation sites (N-methyl/N-ethyl adjacent to an activating group) is 1. The van der Waals surface area contributed by atoms with E-state index in [2.05, 4.69) is 11.9 Å². The van der Waals surface area contributed by atoms with Crippen molar-refractivity contribution in [3.05, 3.63) is 36.4 Å². The minimum atomic E-state index is -4.65. The topological polar surface area (TPSA) is 65.1 Å². The molecule has 3 rings (SSSR count). The molecule has 1 aromatic rings. The zero-order chi connectivity index (χ0) is 21.9. The van der Waals surface area contributed by atoms with Crippen molar-refractivity contribution in [3.63, 3.8) is 0 Å². The van der Waals surface area contributed by atoms with Crippen molar-refractivity contribution < 1.29 is 27.5 Å². The van der Waals surface area contributed by atoms with Gasteiger partial charge in [0.25, 0.3) is 0 Å². The molecule has 2 aliphatic heterocycles. The number of benzene rings is 1. The molecule has 10 heteroatoms. The molecule has 1 atom stereocenters. The Bertz CT molecular complexity index is 809. The summed E-state index contributed by atoms with van der Waals surface area (Å²) in [6, 6.07) is 2.35. The van der Waals surface area contributed by atoms with Crippen LogP contribution in [0.15, 0.2) is 30.9 Å². The van der Waals surface area contributed by atoms with Crippen molar-refractivity contribution in [2.75, 3.05) is 56.7 Å². The summed E-state index contributed by atoms with van der Waals surface area (Å²) < 4.78 is 46.2. The second kappa shape index (κ2) is 8.95. The number of carbonyl (C=O) groups excluding carboxylic acids is 2. The quantitative estimate of drug-likeness (QED) is 0.736. The molecule has 2 fully saturated rings. The summed E-state index contributed by atoms with van der Waals surface area (Å²) in [5, 5.41) is 2.32. The number of hydrogen-bond acceptors (Lipinski definition) is 4. The maximum absolute atomic E-state index is 13.7. The molecule has 7 nitrogen and oxygen atoms in total. The van der Waals surface area contributed by atoms with Crippen LogP contribution in [-0.4, -0.2) is 74.2 Å². The predicted molar refractivity (Wildman–Crippen MR) is 106 cm³/mol. The van der Waals surface area contributed by atoms with Crippen LogP contribution in [-0.2, 0) is 15.7 Å². The number of alkyl halides is 3. The largest absolute Gasteiger partial charge is 0.418 e. The molecule has 1 N–H and O–H groups in total. The fraction of sp³-hybridized carbons (Fsp3) is 0.500. The van der Waals surface area contributed by atoms with Gasteiger partial charge in [-0.1, -0.05) is 6.08 Å². The van der Waals surface area contributed by atoms with Crippen molar-refractivity contribution in [3.8, 4) is 0 Å². The van der Waals surface area contributed by atoms with Gasteiger partial charge in [-0.3, -0.25) is 4.79 Å². The predicted octanol–water partition coefficient (Wildman–Crippen LogP) is 2.79. The molecule has 3 amide bonds. The van der Waals surface area contributed by atoms with Gasteiger partial charge in [-0.25, -0.2) is 4.79 Å². The van der Waals surface area contributed by atoms with E-state index >= 15 is 0 Å². The van der Waals surface area contributed by atoms with Gasteiger partial charge in [0, 0.05) is 38.9 Å². The van der Waals surface area contributed by atoms with E-state index in [0.29, 0.717) is 51.5 Å². The summed E-state index contributed by atoms with van der Waals surface area (Å²) in [6.45, 7) is 6.31. The van der Waals surface area contributed by atoms with E-state index in [4.69, 9.17) is 4.74 Å². The fourth-order valence-electron chi connectivity index (χ4n) is 3.66. The highest BCUT2D eigenvalue weighted by atomic mass is 19.4. The van der Waals surface area contributed by atoms with Crippen LogP contribution in [0, 0.1) is 0 Å². The maximum Gasteiger partial charge on any atom is 0.418 e. The molecule has 0 bridgehead atoms. The molecule has 1 unspecified atom stereocenters. The van der Waals surface area contributed by atoms with Crippen LogP contribution in [0.3, 0.4) is 0 Å². The van der Waals surface area contributed by atoms with Gasteiger partial charge >= 0.3 is 12.2 Å². The minimum absolute atomic E-state index is 0.244. The number of hydrogen-bond donors (Lipinski definition) is 1. The monoisotopic (exact) mass is 426 g/mol. The first-order valence-electron chi connectivity index (χ1n) is 9.70. The van der Waals surface area contributed by atoms with E-state index < -0.39 is 23.8 Å². The molecule has 2 saturated heterocycles. The highest BCUT2D eigenvalue weighted by molar-refractivity contribution is 5.95. The lowest BCUT2D eigenvalue weighted by atomic mass is 10.1. The molecule has 0 saturated carbocycles. The van der Waals surface area contributed by atoms with Crippen molar-refractivity contribution in [1.29, 1.82) is 0 Å². The molecule has 30 heavy (non-hydrogen) atoms. The number of amides is 3. The Morgan fingerprint density at radius 2 is 2.03 bits per heavy atom. The van der Waals surface area contributed by atoms with Gasteiger partial charge in [-0.05, 0) is 24.6 Å². The van der Waals surface area contributed by atoms with Gasteiger partial charge < -0.3 is 24.8 Å². The Morgan fingerprint density at radius 1 is 1.33 bits per heavy atom. The van der Waals surface area contributed by atoms with E-state index in [1.807, 2.05) is 4.90 Å². The summed E-state index contributed by atoms with van der Waals surface area (Å²) in [4.78, 5) is 29.5. The van der Waals surface area contributed by atoms with E-state index in [9.17, 15) is 22.8 Å². The van der Waals surface area contributed by atoms with E-state index in [1.165, 1.54) is 13.1 Å². The number of halogens is 3. The standard InChI is InChI=1S/C20H25F3N4O3/c1-3-7-27-8-6-17(18(27)28)25(2)19(29)24-16-5-4-14(13-15(16)20(21,22)23)26-9-11-30-12-10-26/h3-5,13,17H,1,6-12H2,2H3,(H,24,29). The zero-order valence-corrected chi connectivity index (χ0v) is 16.7. The smallest absolute Gasteiger partial charge is 0.378 e. The Labute approximate surface area is 173 Å². The van der Waals surface area contributed by atoms with Crippen LogP contribution in [0.2, 0.25) is 0 Å². The Kier molecular flexibility index (Phi) is 6.55.